The smallest absolute Gasteiger partial charge is 0.260 e. The molecule has 14 heavy (non-hydrogen) atoms. The van der Waals surface area contributed by atoms with E-state index in [0.29, 0.717) is 4.70 Å². The second-order valence-electron chi connectivity index (χ2n) is 2.72. The van der Waals surface area contributed by atoms with E-state index in [9.17, 15) is 9.18 Å². The van der Waals surface area contributed by atoms with Crippen LogP contribution in [0.2, 0.25) is 5.02 Å². The van der Waals surface area contributed by atoms with Crippen LogP contribution in [0.1, 0.15) is 9.67 Å². The molecule has 0 aliphatic carbocycles. The van der Waals surface area contributed by atoms with E-state index in [4.69, 9.17) is 17.3 Å². The molecule has 0 fully saturated rings. The molecule has 0 spiro atoms. The third-order valence-corrected chi connectivity index (χ3v) is 3.49. The number of thiophene rings is 1. The van der Waals surface area contributed by atoms with Gasteiger partial charge in [0.25, 0.3) is 5.91 Å². The normalized spacial score (nSPS) is 10.7. The van der Waals surface area contributed by atoms with Gasteiger partial charge in [0.2, 0.25) is 0 Å². The van der Waals surface area contributed by atoms with Crippen molar-refractivity contribution in [3.63, 3.8) is 0 Å². The Hall–Kier alpha value is -1.13. The highest BCUT2D eigenvalue weighted by atomic mass is 35.5. The second-order valence-corrected chi connectivity index (χ2v) is 4.15. The fourth-order valence-corrected chi connectivity index (χ4v) is 2.65. The van der Waals surface area contributed by atoms with Gasteiger partial charge in [-0.25, -0.2) is 4.39 Å². The van der Waals surface area contributed by atoms with Gasteiger partial charge in [-0.1, -0.05) is 17.7 Å². The Bertz CT molecular complexity index is 523. The molecule has 0 bridgehead atoms. The summed E-state index contributed by atoms with van der Waals surface area (Å²) >= 11 is 6.93. The number of nitrogens with two attached hydrogens (primary N) is 1. The molecule has 1 aromatic heterocycles. The van der Waals surface area contributed by atoms with Crippen LogP contribution in [-0.4, -0.2) is 5.91 Å². The zero-order chi connectivity index (χ0) is 10.3. The monoisotopic (exact) mass is 229 g/mol. The lowest BCUT2D eigenvalue weighted by molar-refractivity contribution is 0.100. The zero-order valence-electron chi connectivity index (χ0n) is 6.88. The Morgan fingerprint density at radius 3 is 2.79 bits per heavy atom. The van der Waals surface area contributed by atoms with Crippen molar-refractivity contribution in [2.24, 2.45) is 5.73 Å². The number of rotatable bonds is 1. The molecule has 2 nitrogen and oxygen atoms in total. The number of halogens is 2. The van der Waals surface area contributed by atoms with Crippen molar-refractivity contribution in [2.75, 3.05) is 0 Å². The van der Waals surface area contributed by atoms with Crippen molar-refractivity contribution in [3.05, 3.63) is 33.9 Å². The van der Waals surface area contributed by atoms with Crippen molar-refractivity contribution < 1.29 is 9.18 Å². The van der Waals surface area contributed by atoms with Gasteiger partial charge in [-0.3, -0.25) is 4.79 Å². The van der Waals surface area contributed by atoms with E-state index in [2.05, 4.69) is 0 Å². The molecule has 0 radical (unpaired) electrons. The van der Waals surface area contributed by atoms with Gasteiger partial charge in [0, 0.05) is 10.1 Å². The number of carbonyl (C=O) groups excluding carboxylic acids is 1. The fourth-order valence-electron chi connectivity index (χ4n) is 1.23. The van der Waals surface area contributed by atoms with Crippen LogP contribution in [0.15, 0.2) is 18.2 Å². The van der Waals surface area contributed by atoms with E-state index >= 15 is 0 Å². The molecule has 0 atom stereocenters. The average molecular weight is 230 g/mol. The minimum Gasteiger partial charge on any atom is -0.365 e. The molecule has 2 rings (SSSR count). The molecule has 0 aliphatic heterocycles. The molecule has 0 saturated heterocycles. The summed E-state index contributed by atoms with van der Waals surface area (Å²) in [5.74, 6) is -1.06. The zero-order valence-corrected chi connectivity index (χ0v) is 8.45. The van der Waals surface area contributed by atoms with Crippen LogP contribution in [0.5, 0.6) is 0 Å². The lowest BCUT2D eigenvalue weighted by Crippen LogP contribution is -2.08. The molecule has 2 N–H and O–H groups in total. The van der Waals surface area contributed by atoms with Gasteiger partial charge >= 0.3 is 0 Å². The lowest BCUT2D eigenvalue weighted by atomic mass is 10.2. The molecule has 0 unspecified atom stereocenters. The number of hydrogen-bond donors (Lipinski definition) is 1. The highest BCUT2D eigenvalue weighted by molar-refractivity contribution is 7.21. The Morgan fingerprint density at radius 2 is 2.21 bits per heavy atom. The summed E-state index contributed by atoms with van der Waals surface area (Å²) in [6.07, 6.45) is 0. The summed E-state index contributed by atoms with van der Waals surface area (Å²) in [4.78, 5) is 11.1. The van der Waals surface area contributed by atoms with Crippen LogP contribution in [-0.2, 0) is 0 Å². The van der Waals surface area contributed by atoms with Gasteiger partial charge in [0.05, 0.1) is 5.02 Å². The highest BCUT2D eigenvalue weighted by Gasteiger charge is 2.16. The van der Waals surface area contributed by atoms with Crippen LogP contribution < -0.4 is 5.73 Å². The number of benzene rings is 1. The molecule has 2 aromatic rings. The Labute approximate surface area is 88.1 Å². The van der Waals surface area contributed by atoms with Crippen LogP contribution in [0.25, 0.3) is 10.1 Å². The summed E-state index contributed by atoms with van der Waals surface area (Å²) in [5, 5.41) is 0.378. The summed E-state index contributed by atoms with van der Waals surface area (Å²) in [7, 11) is 0. The molecule has 0 aliphatic rings. The Morgan fingerprint density at radius 1 is 1.50 bits per heavy atom. The summed E-state index contributed by atoms with van der Waals surface area (Å²) in [6.45, 7) is 0. The van der Waals surface area contributed by atoms with Crippen LogP contribution in [0.3, 0.4) is 0 Å². The van der Waals surface area contributed by atoms with E-state index in [-0.39, 0.29) is 15.3 Å². The topological polar surface area (TPSA) is 43.1 Å². The number of fused-ring (bicyclic) bond motifs is 1. The first kappa shape index (κ1) is 9.43. The maximum absolute atomic E-state index is 13.3. The van der Waals surface area contributed by atoms with Gasteiger partial charge in [-0.2, -0.15) is 0 Å². The summed E-state index contributed by atoms with van der Waals surface area (Å²) < 4.78 is 13.9. The molecular weight excluding hydrogens is 225 g/mol. The highest BCUT2D eigenvalue weighted by Crippen LogP contribution is 2.36. The maximum Gasteiger partial charge on any atom is 0.260 e. The van der Waals surface area contributed by atoms with Crippen molar-refractivity contribution in [2.45, 2.75) is 0 Å². The van der Waals surface area contributed by atoms with E-state index in [1.165, 1.54) is 6.07 Å². The number of primary amides is 1. The van der Waals surface area contributed by atoms with E-state index < -0.39 is 11.7 Å². The minimum absolute atomic E-state index is 0.107. The van der Waals surface area contributed by atoms with Gasteiger partial charge < -0.3 is 5.73 Å². The second kappa shape index (κ2) is 3.22. The van der Waals surface area contributed by atoms with Crippen molar-refractivity contribution >= 4 is 38.9 Å². The predicted octanol–water partition coefficient (Wildman–Crippen LogP) is 2.79. The first-order chi connectivity index (χ1) is 6.61. The van der Waals surface area contributed by atoms with Crippen LogP contribution in [0, 0.1) is 5.82 Å². The van der Waals surface area contributed by atoms with Crippen molar-refractivity contribution in [1.29, 1.82) is 0 Å². The molecule has 5 heteroatoms. The quantitative estimate of drug-likeness (QED) is 0.803. The largest absolute Gasteiger partial charge is 0.365 e. The molecule has 1 aromatic carbocycles. The number of amides is 1. The van der Waals surface area contributed by atoms with Crippen LogP contribution >= 0.6 is 22.9 Å². The first-order valence-electron chi connectivity index (χ1n) is 3.77. The van der Waals surface area contributed by atoms with E-state index in [1.807, 2.05) is 0 Å². The van der Waals surface area contributed by atoms with Crippen LogP contribution in [0.4, 0.5) is 4.39 Å². The van der Waals surface area contributed by atoms with E-state index in [1.54, 1.807) is 12.1 Å². The van der Waals surface area contributed by atoms with Gasteiger partial charge in [0.1, 0.15) is 10.7 Å². The van der Waals surface area contributed by atoms with Gasteiger partial charge in [-0.05, 0) is 12.1 Å². The van der Waals surface area contributed by atoms with Gasteiger partial charge in [-0.15, -0.1) is 11.3 Å². The minimum atomic E-state index is -0.629. The maximum atomic E-state index is 13.3. The predicted molar refractivity (Wildman–Crippen MR) is 55.3 cm³/mol. The van der Waals surface area contributed by atoms with Crippen molar-refractivity contribution in [1.82, 2.24) is 0 Å². The van der Waals surface area contributed by atoms with E-state index in [0.717, 1.165) is 11.3 Å². The molecular formula is C9H5ClFNOS. The molecule has 0 saturated carbocycles. The SMILES string of the molecule is NC(=O)c1sc2cccc(F)c2c1Cl. The summed E-state index contributed by atoms with van der Waals surface area (Å²) in [6, 6.07) is 4.56. The number of hydrogen-bond acceptors (Lipinski definition) is 2. The first-order valence-corrected chi connectivity index (χ1v) is 4.97. The molecule has 1 heterocycles. The van der Waals surface area contributed by atoms with Crippen molar-refractivity contribution in [3.8, 4) is 0 Å². The Kier molecular flexibility index (Phi) is 2.17. The fraction of sp³-hybridized carbons (Fsp3) is 0. The number of carbonyl (C=O) groups is 1. The van der Waals surface area contributed by atoms with Gasteiger partial charge in [0.15, 0.2) is 0 Å². The third kappa shape index (κ3) is 1.27. The average Bonchev–Trinajstić information content (AvgIpc) is 2.45. The lowest BCUT2D eigenvalue weighted by Gasteiger charge is -1.91. The standard InChI is InChI=1S/C9H5ClFNOS/c10-7-6-4(11)2-1-3-5(6)14-8(7)9(12)13/h1-3H,(H2,12,13). The Balaban J connectivity index is 2.87. The third-order valence-electron chi connectivity index (χ3n) is 1.83. The molecule has 72 valence electrons. The molecule has 1 amide bonds. The summed E-state index contributed by atoms with van der Waals surface area (Å²) in [5.41, 5.74) is 5.09.